The fourth-order valence-electron chi connectivity index (χ4n) is 4.15. The highest BCUT2D eigenvalue weighted by Gasteiger charge is 2.28. The van der Waals surface area contributed by atoms with E-state index in [0.29, 0.717) is 31.9 Å². The summed E-state index contributed by atoms with van der Waals surface area (Å²) in [5, 5.41) is 16.3. The topological polar surface area (TPSA) is 143 Å². The van der Waals surface area contributed by atoms with Gasteiger partial charge in [0.05, 0.1) is 30.6 Å². The fourth-order valence-corrected chi connectivity index (χ4v) is 5.15. The van der Waals surface area contributed by atoms with Crippen LogP contribution in [-0.2, 0) is 14.8 Å². The smallest absolute Gasteiger partial charge is 0.232 e. The molecule has 2 aromatic carbocycles. The fraction of sp³-hybridized carbons (Fsp3) is 0.375. The van der Waals surface area contributed by atoms with Crippen molar-refractivity contribution in [2.24, 2.45) is 5.14 Å². The van der Waals surface area contributed by atoms with Gasteiger partial charge in [0.15, 0.2) is 5.82 Å². The highest BCUT2D eigenvalue weighted by Crippen LogP contribution is 2.35. The van der Waals surface area contributed by atoms with E-state index in [1.165, 1.54) is 19.2 Å². The number of fused-ring (bicyclic) bond motifs is 1. The van der Waals surface area contributed by atoms with E-state index in [-0.39, 0.29) is 34.6 Å². The third-order valence-corrected chi connectivity index (χ3v) is 7.44. The van der Waals surface area contributed by atoms with E-state index in [1.54, 1.807) is 6.07 Å². The second-order valence-electron chi connectivity index (χ2n) is 8.41. The van der Waals surface area contributed by atoms with Gasteiger partial charge >= 0.3 is 0 Å². The first kappa shape index (κ1) is 26.6. The zero-order chi connectivity index (χ0) is 26.6. The van der Waals surface area contributed by atoms with E-state index in [1.807, 2.05) is 6.07 Å². The van der Waals surface area contributed by atoms with Crippen molar-refractivity contribution in [3.05, 3.63) is 53.2 Å². The number of anilines is 2. The summed E-state index contributed by atoms with van der Waals surface area (Å²) in [6.45, 7) is 5.51. The summed E-state index contributed by atoms with van der Waals surface area (Å²) in [5.41, 5.74) is -0.258. The quantitative estimate of drug-likeness (QED) is 0.425. The number of benzene rings is 2. The van der Waals surface area contributed by atoms with Crippen molar-refractivity contribution in [3.63, 3.8) is 0 Å². The maximum Gasteiger partial charge on any atom is 0.232 e. The molecule has 0 amide bonds. The summed E-state index contributed by atoms with van der Waals surface area (Å²) in [5.74, 6) is -1.88. The molecule has 1 saturated heterocycles. The number of halogens is 2. The number of morpholine rings is 1. The van der Waals surface area contributed by atoms with Crippen LogP contribution >= 0.6 is 0 Å². The number of hydrogen-bond acceptors (Lipinski definition) is 9. The van der Waals surface area contributed by atoms with Crippen LogP contribution in [0.15, 0.2) is 30.5 Å². The number of ether oxygens (including phenoxy) is 2. The molecule has 1 unspecified atom stereocenters. The second kappa shape index (κ2) is 11.3. The number of primary sulfonamides is 1. The molecule has 1 aliphatic heterocycles. The Balaban J connectivity index is 1.63. The molecule has 3 N–H and O–H groups in total. The van der Waals surface area contributed by atoms with E-state index in [0.717, 1.165) is 25.2 Å². The van der Waals surface area contributed by atoms with E-state index >= 15 is 4.39 Å². The summed E-state index contributed by atoms with van der Waals surface area (Å²) in [4.78, 5) is 10.9. The van der Waals surface area contributed by atoms with Crippen molar-refractivity contribution >= 4 is 32.4 Å². The molecule has 0 radical (unpaired) electrons. The van der Waals surface area contributed by atoms with Crippen LogP contribution in [0.25, 0.3) is 11.0 Å². The van der Waals surface area contributed by atoms with Gasteiger partial charge in [0.25, 0.3) is 0 Å². The number of nitrogens with zero attached hydrogens (tertiary/aromatic N) is 4. The van der Waals surface area contributed by atoms with Gasteiger partial charge in [-0.15, -0.1) is 0 Å². The molecule has 0 aliphatic carbocycles. The van der Waals surface area contributed by atoms with Gasteiger partial charge in [-0.3, -0.25) is 4.90 Å². The molecule has 1 aliphatic rings. The first-order valence-electron chi connectivity index (χ1n) is 11.6. The lowest BCUT2D eigenvalue weighted by Gasteiger charge is -2.26. The molecule has 13 heteroatoms. The number of nitrogens with one attached hydrogen (secondary N) is 1. The molecule has 1 atom stereocenters. The Bertz CT molecular complexity index is 1440. The summed E-state index contributed by atoms with van der Waals surface area (Å²) < 4.78 is 64.9. The van der Waals surface area contributed by atoms with Crippen molar-refractivity contribution in [3.8, 4) is 11.9 Å². The molecule has 4 rings (SSSR count). The molecule has 0 bridgehead atoms. The minimum Gasteiger partial charge on any atom is -0.475 e. The standard InChI is InChI=1S/C24H26F2N6O4S/c1-2-20(37(28,33)34)15-3-4-17(25)24(22(15)26)30-18-5-6-19-23(16(18)13-27)31-21(14-29-19)36-12-9-32-7-10-35-11-8-32/h3-6,14,20,30H,2,7-12H2,1H3,(H2,28,33,34). The van der Waals surface area contributed by atoms with Crippen molar-refractivity contribution in [1.29, 1.82) is 5.26 Å². The Kier molecular flexibility index (Phi) is 8.13. The first-order valence-corrected chi connectivity index (χ1v) is 13.2. The van der Waals surface area contributed by atoms with Crippen molar-refractivity contribution in [1.82, 2.24) is 14.9 Å². The Morgan fingerprint density at radius 3 is 2.70 bits per heavy atom. The normalized spacial score (nSPS) is 15.3. The Morgan fingerprint density at radius 1 is 1.27 bits per heavy atom. The summed E-state index contributed by atoms with van der Waals surface area (Å²) in [6, 6.07) is 6.98. The van der Waals surface area contributed by atoms with Crippen LogP contribution in [0.2, 0.25) is 0 Å². The van der Waals surface area contributed by atoms with Gasteiger partial charge in [-0.25, -0.2) is 32.3 Å². The molecular weight excluding hydrogens is 506 g/mol. The predicted molar refractivity (Wildman–Crippen MR) is 133 cm³/mol. The molecule has 1 fully saturated rings. The van der Waals surface area contributed by atoms with Gasteiger partial charge in [0, 0.05) is 25.2 Å². The Hall–Kier alpha value is -3.44. The molecule has 0 spiro atoms. The highest BCUT2D eigenvalue weighted by atomic mass is 32.2. The molecule has 0 saturated carbocycles. The molecule has 10 nitrogen and oxygen atoms in total. The van der Waals surface area contributed by atoms with E-state index < -0.39 is 32.6 Å². The van der Waals surface area contributed by atoms with Gasteiger partial charge in [-0.05, 0) is 24.6 Å². The summed E-state index contributed by atoms with van der Waals surface area (Å²) >= 11 is 0. The van der Waals surface area contributed by atoms with Crippen LogP contribution in [0.5, 0.6) is 5.88 Å². The van der Waals surface area contributed by atoms with Gasteiger partial charge < -0.3 is 14.8 Å². The largest absolute Gasteiger partial charge is 0.475 e. The number of hydrogen-bond donors (Lipinski definition) is 2. The zero-order valence-electron chi connectivity index (χ0n) is 20.1. The maximum absolute atomic E-state index is 15.3. The lowest BCUT2D eigenvalue weighted by Crippen LogP contribution is -2.38. The van der Waals surface area contributed by atoms with Gasteiger partial charge in [-0.1, -0.05) is 13.0 Å². The third kappa shape index (κ3) is 5.94. The van der Waals surface area contributed by atoms with E-state index in [2.05, 4.69) is 20.2 Å². The van der Waals surface area contributed by atoms with E-state index in [9.17, 15) is 18.1 Å². The molecule has 196 valence electrons. The number of nitriles is 1. The molecule has 3 aromatic rings. The van der Waals surface area contributed by atoms with Crippen LogP contribution < -0.4 is 15.2 Å². The zero-order valence-corrected chi connectivity index (χ0v) is 20.9. The second-order valence-corrected chi connectivity index (χ2v) is 10.2. The van der Waals surface area contributed by atoms with Crippen LogP contribution in [0, 0.1) is 23.0 Å². The average molecular weight is 533 g/mol. The Morgan fingerprint density at radius 2 is 2.03 bits per heavy atom. The van der Waals surface area contributed by atoms with Gasteiger partial charge in [0.1, 0.15) is 40.5 Å². The van der Waals surface area contributed by atoms with Crippen LogP contribution in [0.1, 0.15) is 29.7 Å². The van der Waals surface area contributed by atoms with Crippen molar-refractivity contribution < 1.29 is 26.7 Å². The molecule has 2 heterocycles. The average Bonchev–Trinajstić information content (AvgIpc) is 2.87. The summed E-state index contributed by atoms with van der Waals surface area (Å²) in [7, 11) is -4.14. The lowest BCUT2D eigenvalue weighted by atomic mass is 10.1. The number of aromatic nitrogens is 2. The first-order chi connectivity index (χ1) is 17.7. The Labute approximate surface area is 213 Å². The van der Waals surface area contributed by atoms with Gasteiger partial charge in [0.2, 0.25) is 15.9 Å². The maximum atomic E-state index is 15.3. The summed E-state index contributed by atoms with van der Waals surface area (Å²) in [6.07, 6.45) is 1.43. The molecule has 37 heavy (non-hydrogen) atoms. The molecular formula is C24H26F2N6O4S. The van der Waals surface area contributed by atoms with Crippen LogP contribution in [0.3, 0.4) is 0 Å². The number of rotatable bonds is 9. The molecule has 1 aromatic heterocycles. The highest BCUT2D eigenvalue weighted by molar-refractivity contribution is 7.89. The SMILES string of the molecule is CCC(c1ccc(F)c(Nc2ccc3ncc(OCCN4CCOCC4)nc3c2C#N)c1F)S(N)(=O)=O. The number of nitrogens with two attached hydrogens (primary N) is 1. The lowest BCUT2D eigenvalue weighted by molar-refractivity contribution is 0.0320. The number of sulfonamides is 1. The van der Waals surface area contributed by atoms with E-state index in [4.69, 9.17) is 14.6 Å². The van der Waals surface area contributed by atoms with Crippen molar-refractivity contribution in [2.45, 2.75) is 18.6 Å². The minimum atomic E-state index is -4.14. The monoisotopic (exact) mass is 532 g/mol. The predicted octanol–water partition coefficient (Wildman–Crippen LogP) is 2.97. The van der Waals surface area contributed by atoms with Gasteiger partial charge in [-0.2, -0.15) is 5.26 Å². The van der Waals surface area contributed by atoms with Crippen LogP contribution in [-0.4, -0.2) is 62.7 Å². The van der Waals surface area contributed by atoms with Crippen molar-refractivity contribution in [2.75, 3.05) is 44.8 Å². The third-order valence-electron chi connectivity index (χ3n) is 6.06. The van der Waals surface area contributed by atoms with Crippen LogP contribution in [0.4, 0.5) is 20.2 Å². The minimum absolute atomic E-state index is 0.00804.